The van der Waals surface area contributed by atoms with Crippen molar-refractivity contribution >= 4 is 23.4 Å². The molecular formula is C31H31NO6. The zero-order valence-electron chi connectivity index (χ0n) is 22.1. The molecule has 0 radical (unpaired) electrons. The number of aliphatic hydroxyl groups excluding tert-OH is 1. The van der Waals surface area contributed by atoms with Crippen molar-refractivity contribution in [3.8, 4) is 5.75 Å². The lowest BCUT2D eigenvalue weighted by atomic mass is 9.84. The van der Waals surface area contributed by atoms with E-state index in [9.17, 15) is 24.6 Å². The second-order valence-electron chi connectivity index (χ2n) is 10.5. The van der Waals surface area contributed by atoms with E-state index >= 15 is 0 Å². The lowest BCUT2D eigenvalue weighted by Crippen LogP contribution is -2.29. The molecule has 4 rings (SSSR count). The molecule has 7 heteroatoms. The van der Waals surface area contributed by atoms with Crippen LogP contribution in [0, 0.1) is 6.92 Å². The smallest absolute Gasteiger partial charge is 0.337 e. The van der Waals surface area contributed by atoms with E-state index < -0.39 is 23.7 Å². The van der Waals surface area contributed by atoms with E-state index in [0.29, 0.717) is 22.3 Å². The summed E-state index contributed by atoms with van der Waals surface area (Å²) in [6.45, 7) is 8.08. The first kappa shape index (κ1) is 26.7. The number of nitrogens with zero attached hydrogens (tertiary/aromatic N) is 1. The first-order valence-corrected chi connectivity index (χ1v) is 12.3. The molecule has 1 fully saturated rings. The third-order valence-electron chi connectivity index (χ3n) is 6.84. The third kappa shape index (κ3) is 5.05. The minimum atomic E-state index is -0.881. The number of benzene rings is 3. The van der Waals surface area contributed by atoms with Crippen molar-refractivity contribution in [3.05, 3.63) is 106 Å². The number of likely N-dealkylation sites (tertiary alicyclic amines) is 1. The van der Waals surface area contributed by atoms with Gasteiger partial charge in [0.2, 0.25) is 0 Å². The van der Waals surface area contributed by atoms with Crippen LogP contribution in [0.1, 0.15) is 65.0 Å². The number of aryl methyl sites for hydroxylation is 1. The van der Waals surface area contributed by atoms with Crippen LogP contribution >= 0.6 is 0 Å². The lowest BCUT2D eigenvalue weighted by Gasteiger charge is -2.26. The number of phenolic OH excluding ortho intramolecular Hbond substituents is 1. The number of ether oxygens (including phenoxy) is 1. The average molecular weight is 514 g/mol. The molecule has 0 saturated carbocycles. The van der Waals surface area contributed by atoms with Gasteiger partial charge >= 0.3 is 5.97 Å². The minimum absolute atomic E-state index is 0.0129. The number of amides is 1. The van der Waals surface area contributed by atoms with E-state index in [4.69, 9.17) is 4.74 Å². The summed E-state index contributed by atoms with van der Waals surface area (Å²) in [6.07, 6.45) is 0. The van der Waals surface area contributed by atoms with Crippen molar-refractivity contribution in [3.63, 3.8) is 0 Å². The van der Waals surface area contributed by atoms with E-state index in [2.05, 4.69) is 20.8 Å². The summed E-state index contributed by atoms with van der Waals surface area (Å²) in [7, 11) is 1.30. The molecule has 0 spiro atoms. The molecule has 0 aliphatic carbocycles. The van der Waals surface area contributed by atoms with Crippen molar-refractivity contribution in [1.82, 2.24) is 4.90 Å². The normalized spacial score (nSPS) is 17.1. The zero-order chi connectivity index (χ0) is 27.8. The number of rotatable bonds is 5. The Balaban J connectivity index is 1.85. The van der Waals surface area contributed by atoms with Gasteiger partial charge in [-0.3, -0.25) is 9.59 Å². The maximum absolute atomic E-state index is 13.4. The highest BCUT2D eigenvalue weighted by molar-refractivity contribution is 6.46. The molecule has 0 aromatic heterocycles. The average Bonchev–Trinajstić information content (AvgIpc) is 3.13. The summed E-state index contributed by atoms with van der Waals surface area (Å²) in [6, 6.07) is 17.6. The van der Waals surface area contributed by atoms with Crippen molar-refractivity contribution in [2.45, 2.75) is 45.7 Å². The van der Waals surface area contributed by atoms with Gasteiger partial charge in [0.25, 0.3) is 11.7 Å². The molecule has 1 saturated heterocycles. The quantitative estimate of drug-likeness (QED) is 0.205. The third-order valence-corrected chi connectivity index (χ3v) is 6.84. The number of Topliss-reactive ketones (excluding diaryl/α,β-unsaturated/α-hetero) is 1. The van der Waals surface area contributed by atoms with Crippen molar-refractivity contribution < 1.29 is 29.3 Å². The molecule has 1 heterocycles. The standard InChI is InChI=1S/C31H31NO6/c1-18-6-13-22(31(2,3)4)16-24(18)27(34)25-26(20-11-14-23(33)15-12-20)32(29(36)28(25)35)17-19-7-9-21(10-8-19)30(37)38-5/h6-16,26,33-34H,17H2,1-5H3/b27-25+. The fourth-order valence-electron chi connectivity index (χ4n) is 4.60. The topological polar surface area (TPSA) is 104 Å². The Morgan fingerprint density at radius 3 is 2.18 bits per heavy atom. The van der Waals surface area contributed by atoms with Gasteiger partial charge in [0, 0.05) is 12.1 Å². The predicted octanol–water partition coefficient (Wildman–Crippen LogP) is 5.41. The molecule has 3 aromatic rings. The number of esters is 1. The Morgan fingerprint density at radius 2 is 1.61 bits per heavy atom. The van der Waals surface area contributed by atoms with Crippen LogP contribution in [-0.4, -0.2) is 39.9 Å². The molecule has 1 atom stereocenters. The Bertz CT molecular complexity index is 1430. The van der Waals surface area contributed by atoms with E-state index in [1.807, 2.05) is 25.1 Å². The highest BCUT2D eigenvalue weighted by Gasteiger charge is 2.46. The number of carbonyl (C=O) groups is 3. The van der Waals surface area contributed by atoms with E-state index in [0.717, 1.165) is 11.1 Å². The number of aliphatic hydroxyl groups is 1. The molecule has 38 heavy (non-hydrogen) atoms. The van der Waals surface area contributed by atoms with Crippen molar-refractivity contribution in [1.29, 1.82) is 0 Å². The van der Waals surface area contributed by atoms with Crippen LogP contribution in [0.4, 0.5) is 0 Å². The Kier molecular flexibility index (Phi) is 7.14. The minimum Gasteiger partial charge on any atom is -0.508 e. The van der Waals surface area contributed by atoms with Crippen LogP contribution in [-0.2, 0) is 26.3 Å². The van der Waals surface area contributed by atoms with E-state index in [-0.39, 0.29) is 29.0 Å². The van der Waals surface area contributed by atoms with Crippen LogP contribution < -0.4 is 0 Å². The molecule has 7 nitrogen and oxygen atoms in total. The van der Waals surface area contributed by atoms with Gasteiger partial charge in [0.05, 0.1) is 24.3 Å². The predicted molar refractivity (Wildman–Crippen MR) is 144 cm³/mol. The van der Waals surface area contributed by atoms with Crippen molar-refractivity contribution in [2.75, 3.05) is 7.11 Å². The Morgan fingerprint density at radius 1 is 0.974 bits per heavy atom. The van der Waals surface area contributed by atoms with Gasteiger partial charge < -0.3 is 19.8 Å². The highest BCUT2D eigenvalue weighted by Crippen LogP contribution is 2.41. The molecule has 1 amide bonds. The maximum atomic E-state index is 13.4. The number of methoxy groups -OCH3 is 1. The van der Waals surface area contributed by atoms with Crippen LogP contribution in [0.2, 0.25) is 0 Å². The number of hydrogen-bond acceptors (Lipinski definition) is 6. The number of carbonyl (C=O) groups excluding carboxylic acids is 3. The molecule has 0 bridgehead atoms. The second-order valence-corrected chi connectivity index (χ2v) is 10.5. The van der Waals surface area contributed by atoms with Crippen LogP contribution in [0.5, 0.6) is 5.75 Å². The van der Waals surface area contributed by atoms with E-state index in [1.54, 1.807) is 36.4 Å². The maximum Gasteiger partial charge on any atom is 0.337 e. The van der Waals surface area contributed by atoms with Crippen LogP contribution in [0.15, 0.2) is 72.3 Å². The summed E-state index contributed by atoms with van der Waals surface area (Å²) in [5.74, 6) is -2.21. The number of ketones is 1. The summed E-state index contributed by atoms with van der Waals surface area (Å²) in [5.41, 5.74) is 3.65. The van der Waals surface area contributed by atoms with Gasteiger partial charge in [-0.1, -0.05) is 57.2 Å². The molecule has 196 valence electrons. The molecule has 2 N–H and O–H groups in total. The van der Waals surface area contributed by atoms with Crippen LogP contribution in [0.3, 0.4) is 0 Å². The number of hydrogen-bond donors (Lipinski definition) is 2. The van der Waals surface area contributed by atoms with Gasteiger partial charge in [0.1, 0.15) is 11.5 Å². The fraction of sp³-hybridized carbons (Fsp3) is 0.258. The molecule has 1 unspecified atom stereocenters. The molecule has 1 aliphatic rings. The first-order chi connectivity index (χ1) is 17.9. The van der Waals surface area contributed by atoms with Gasteiger partial charge in [-0.2, -0.15) is 0 Å². The van der Waals surface area contributed by atoms with Gasteiger partial charge in [-0.05, 0) is 64.9 Å². The summed E-state index contributed by atoms with van der Waals surface area (Å²) in [5, 5.41) is 21.4. The molecule has 1 aliphatic heterocycles. The summed E-state index contributed by atoms with van der Waals surface area (Å²) < 4.78 is 4.74. The Labute approximate surface area is 222 Å². The number of aromatic hydroxyl groups is 1. The SMILES string of the molecule is COC(=O)c1ccc(CN2C(=O)C(=O)/C(=C(/O)c3cc(C(C)(C)C)ccc3C)C2c2ccc(O)cc2)cc1. The number of phenols is 1. The monoisotopic (exact) mass is 513 g/mol. The van der Waals surface area contributed by atoms with Crippen LogP contribution in [0.25, 0.3) is 5.76 Å². The lowest BCUT2D eigenvalue weighted by molar-refractivity contribution is -0.140. The molecule has 3 aromatic carbocycles. The van der Waals surface area contributed by atoms with Gasteiger partial charge in [-0.15, -0.1) is 0 Å². The largest absolute Gasteiger partial charge is 0.508 e. The summed E-state index contributed by atoms with van der Waals surface area (Å²) >= 11 is 0. The van der Waals surface area contributed by atoms with Gasteiger partial charge in [0.15, 0.2) is 0 Å². The van der Waals surface area contributed by atoms with E-state index in [1.165, 1.54) is 24.1 Å². The fourth-order valence-corrected chi connectivity index (χ4v) is 4.60. The summed E-state index contributed by atoms with van der Waals surface area (Å²) in [4.78, 5) is 40.0. The van der Waals surface area contributed by atoms with Crippen molar-refractivity contribution in [2.24, 2.45) is 0 Å². The molecular weight excluding hydrogens is 482 g/mol. The first-order valence-electron chi connectivity index (χ1n) is 12.3. The van der Waals surface area contributed by atoms with Gasteiger partial charge in [-0.25, -0.2) is 4.79 Å². The Hall–Kier alpha value is -4.39. The second kappa shape index (κ2) is 10.2. The highest BCUT2D eigenvalue weighted by atomic mass is 16.5. The zero-order valence-corrected chi connectivity index (χ0v) is 22.1.